The molecule has 4 saturated carbocycles. The summed E-state index contributed by atoms with van der Waals surface area (Å²) >= 11 is 1.44. The normalized spacial score (nSPS) is 32.4. The van der Waals surface area contributed by atoms with E-state index in [1.165, 1.54) is 31.0 Å². The molecule has 2 N–H and O–H groups in total. The van der Waals surface area contributed by atoms with Gasteiger partial charge in [0.15, 0.2) is 6.61 Å². The number of hydrogen-bond donors (Lipinski definition) is 2. The lowest BCUT2D eigenvalue weighted by molar-refractivity contribution is -0.130. The molecule has 1 heterocycles. The fraction of sp³-hybridized carbons (Fsp3) is 0.571. The van der Waals surface area contributed by atoms with Gasteiger partial charge in [-0.1, -0.05) is 0 Å². The molecule has 6 rings (SSSR count). The fourth-order valence-corrected chi connectivity index (χ4v) is 6.81. The molecule has 7 heteroatoms. The van der Waals surface area contributed by atoms with Gasteiger partial charge in [0.25, 0.3) is 5.91 Å². The number of thioether (sulfide) groups is 1. The molecule has 0 saturated heterocycles. The molecule has 1 aromatic rings. The lowest BCUT2D eigenvalue weighted by Gasteiger charge is -2.56. The molecule has 1 aliphatic heterocycles. The van der Waals surface area contributed by atoms with Gasteiger partial charge in [0.05, 0.1) is 17.0 Å². The van der Waals surface area contributed by atoms with Crippen molar-refractivity contribution in [2.24, 2.45) is 17.8 Å². The highest BCUT2D eigenvalue weighted by atomic mass is 32.2. The number of nitrogens with one attached hydrogen (secondary N) is 2. The number of amides is 2. The number of benzene rings is 1. The maximum absolute atomic E-state index is 12.5. The first kappa shape index (κ1) is 18.0. The molecule has 0 unspecified atom stereocenters. The Balaban J connectivity index is 1.19. The molecule has 6 nitrogen and oxygen atoms in total. The second kappa shape index (κ2) is 6.79. The summed E-state index contributed by atoms with van der Waals surface area (Å²) in [4.78, 5) is 37.3. The number of fused-ring (bicyclic) bond motifs is 1. The van der Waals surface area contributed by atoms with E-state index in [9.17, 15) is 14.4 Å². The van der Waals surface area contributed by atoms with Gasteiger partial charge < -0.3 is 15.4 Å². The van der Waals surface area contributed by atoms with Gasteiger partial charge in [0.1, 0.15) is 0 Å². The molecule has 0 radical (unpaired) electrons. The molecule has 4 fully saturated rings. The largest absolute Gasteiger partial charge is 0.452 e. The summed E-state index contributed by atoms with van der Waals surface area (Å²) in [6.07, 6.45) is 7.16. The first-order chi connectivity index (χ1) is 13.5. The van der Waals surface area contributed by atoms with Crippen molar-refractivity contribution in [2.75, 3.05) is 17.7 Å². The van der Waals surface area contributed by atoms with E-state index in [1.54, 1.807) is 18.2 Å². The van der Waals surface area contributed by atoms with Crippen LogP contribution in [-0.4, -0.2) is 35.7 Å². The number of rotatable bonds is 4. The molecule has 4 bridgehead atoms. The molecule has 2 amide bonds. The minimum atomic E-state index is -0.548. The summed E-state index contributed by atoms with van der Waals surface area (Å²) in [6.45, 7) is -0.265. The van der Waals surface area contributed by atoms with E-state index in [4.69, 9.17) is 4.74 Å². The Morgan fingerprint density at radius 1 is 1.14 bits per heavy atom. The zero-order chi connectivity index (χ0) is 19.3. The molecular weight excluding hydrogens is 376 g/mol. The van der Waals surface area contributed by atoms with Crippen LogP contribution in [0.2, 0.25) is 0 Å². The average Bonchev–Trinajstić information content (AvgIpc) is 2.64. The summed E-state index contributed by atoms with van der Waals surface area (Å²) in [6, 6.07) is 5.08. The number of anilines is 1. The Labute approximate surface area is 168 Å². The predicted molar refractivity (Wildman–Crippen MR) is 105 cm³/mol. The van der Waals surface area contributed by atoms with Gasteiger partial charge in [0.2, 0.25) is 5.91 Å². The van der Waals surface area contributed by atoms with Gasteiger partial charge in [-0.25, -0.2) is 4.79 Å². The van der Waals surface area contributed by atoms with Crippen LogP contribution in [0, 0.1) is 17.8 Å². The van der Waals surface area contributed by atoms with Crippen molar-refractivity contribution in [1.29, 1.82) is 0 Å². The van der Waals surface area contributed by atoms with E-state index >= 15 is 0 Å². The van der Waals surface area contributed by atoms with Crippen molar-refractivity contribution >= 4 is 35.2 Å². The summed E-state index contributed by atoms with van der Waals surface area (Å²) in [5.74, 6) is 1.78. The monoisotopic (exact) mass is 400 g/mol. The van der Waals surface area contributed by atoms with Crippen molar-refractivity contribution in [2.45, 2.75) is 49.0 Å². The second-order valence-electron chi connectivity index (χ2n) is 8.87. The van der Waals surface area contributed by atoms with E-state index in [0.717, 1.165) is 41.9 Å². The Morgan fingerprint density at radius 3 is 2.50 bits per heavy atom. The highest BCUT2D eigenvalue weighted by Crippen LogP contribution is 2.55. The van der Waals surface area contributed by atoms with E-state index in [-0.39, 0.29) is 24.0 Å². The first-order valence-electron chi connectivity index (χ1n) is 10.0. The third kappa shape index (κ3) is 3.41. The van der Waals surface area contributed by atoms with Crippen LogP contribution < -0.4 is 10.6 Å². The van der Waals surface area contributed by atoms with Crippen LogP contribution in [0.3, 0.4) is 0 Å². The maximum atomic E-state index is 12.5. The minimum Gasteiger partial charge on any atom is -0.452 e. The van der Waals surface area contributed by atoms with E-state index in [2.05, 4.69) is 10.6 Å². The summed E-state index contributed by atoms with van der Waals surface area (Å²) in [7, 11) is 0. The molecule has 0 spiro atoms. The van der Waals surface area contributed by atoms with Gasteiger partial charge >= 0.3 is 5.97 Å². The molecule has 4 aliphatic carbocycles. The number of esters is 1. The molecule has 148 valence electrons. The Bertz CT molecular complexity index is 818. The lowest BCUT2D eigenvalue weighted by atomic mass is 9.53. The summed E-state index contributed by atoms with van der Waals surface area (Å²) in [5, 5.41) is 5.97. The number of ether oxygens (including phenoxy) is 1. The molecular formula is C21H24N2O4S. The second-order valence-corrected chi connectivity index (χ2v) is 9.89. The highest BCUT2D eigenvalue weighted by Gasteiger charge is 2.51. The van der Waals surface area contributed by atoms with Gasteiger partial charge in [-0.2, -0.15) is 0 Å². The Kier molecular flexibility index (Phi) is 4.38. The van der Waals surface area contributed by atoms with Crippen LogP contribution in [0.4, 0.5) is 5.69 Å². The van der Waals surface area contributed by atoms with Crippen molar-refractivity contribution in [3.05, 3.63) is 23.8 Å². The summed E-state index contributed by atoms with van der Waals surface area (Å²) in [5.41, 5.74) is 0.879. The van der Waals surface area contributed by atoms with E-state index < -0.39 is 5.97 Å². The minimum absolute atomic E-state index is 0.0778. The van der Waals surface area contributed by atoms with Crippen molar-refractivity contribution in [3.8, 4) is 0 Å². The van der Waals surface area contributed by atoms with Crippen LogP contribution in [0.15, 0.2) is 23.1 Å². The van der Waals surface area contributed by atoms with Crippen LogP contribution in [-0.2, 0) is 14.3 Å². The average molecular weight is 401 g/mol. The highest BCUT2D eigenvalue weighted by molar-refractivity contribution is 8.00. The Hall–Kier alpha value is -2.02. The molecule has 5 aliphatic rings. The number of carbonyl (C=O) groups is 3. The summed E-state index contributed by atoms with van der Waals surface area (Å²) < 4.78 is 5.25. The van der Waals surface area contributed by atoms with Gasteiger partial charge in [-0.15, -0.1) is 11.8 Å². The molecule has 0 atom stereocenters. The van der Waals surface area contributed by atoms with Crippen LogP contribution in [0.1, 0.15) is 48.9 Å². The van der Waals surface area contributed by atoms with Crippen molar-refractivity contribution in [1.82, 2.24) is 5.32 Å². The van der Waals surface area contributed by atoms with Gasteiger partial charge in [-0.3, -0.25) is 9.59 Å². The zero-order valence-electron chi connectivity index (χ0n) is 15.7. The third-order valence-corrected chi connectivity index (χ3v) is 7.70. The number of hydrogen-bond acceptors (Lipinski definition) is 5. The van der Waals surface area contributed by atoms with Crippen molar-refractivity contribution in [3.63, 3.8) is 0 Å². The van der Waals surface area contributed by atoms with Crippen LogP contribution in [0.25, 0.3) is 0 Å². The maximum Gasteiger partial charge on any atom is 0.338 e. The first-order valence-corrected chi connectivity index (χ1v) is 11.0. The van der Waals surface area contributed by atoms with Crippen LogP contribution in [0.5, 0.6) is 0 Å². The van der Waals surface area contributed by atoms with Crippen molar-refractivity contribution < 1.29 is 19.1 Å². The molecule has 0 aromatic heterocycles. The number of carbonyl (C=O) groups excluding carboxylic acids is 3. The SMILES string of the molecule is O=C1CSc2ccc(C(=O)OCC(=O)NC34CC5CC(CC(C5)C3)C4)cc2N1. The van der Waals surface area contributed by atoms with E-state index in [0.29, 0.717) is 17.0 Å². The third-order valence-electron chi connectivity index (χ3n) is 6.63. The van der Waals surface area contributed by atoms with Crippen LogP contribution >= 0.6 is 11.8 Å². The molecule has 1 aromatic carbocycles. The van der Waals surface area contributed by atoms with Gasteiger partial charge in [0, 0.05) is 10.4 Å². The molecule has 28 heavy (non-hydrogen) atoms. The zero-order valence-corrected chi connectivity index (χ0v) is 16.5. The Morgan fingerprint density at radius 2 is 1.82 bits per heavy atom. The predicted octanol–water partition coefficient (Wildman–Crippen LogP) is 2.97. The van der Waals surface area contributed by atoms with E-state index in [1.807, 2.05) is 0 Å². The standard InChI is InChI=1S/C21H24N2O4S/c24-18(23-21-7-12-3-13(8-21)5-14(4-12)9-21)10-27-20(26)15-1-2-17-16(6-15)22-19(25)11-28-17/h1-2,6,12-14H,3-5,7-11H2,(H,22,25)(H,23,24). The fourth-order valence-electron chi connectivity index (χ4n) is 6.02. The smallest absolute Gasteiger partial charge is 0.338 e. The lowest BCUT2D eigenvalue weighted by Crippen LogP contribution is -2.60. The quantitative estimate of drug-likeness (QED) is 0.759. The topological polar surface area (TPSA) is 84.5 Å². The van der Waals surface area contributed by atoms with Gasteiger partial charge in [-0.05, 0) is 74.5 Å².